The van der Waals surface area contributed by atoms with Gasteiger partial charge < -0.3 is 30.0 Å². The van der Waals surface area contributed by atoms with Crippen LogP contribution < -0.4 is 24.8 Å². The number of piperidine rings is 1. The third kappa shape index (κ3) is 7.03. The number of methoxy groups -OCH3 is 1. The Morgan fingerprint density at radius 1 is 1.06 bits per heavy atom. The molecule has 1 aliphatic rings. The predicted molar refractivity (Wildman–Crippen MR) is 123 cm³/mol. The number of nitrogens with zero attached hydrogens (tertiary/aromatic N) is 4. The van der Waals surface area contributed by atoms with Crippen molar-refractivity contribution in [2.45, 2.75) is 39.3 Å². The van der Waals surface area contributed by atoms with E-state index < -0.39 is 5.82 Å². The van der Waals surface area contributed by atoms with E-state index in [1.165, 1.54) is 7.11 Å². The summed E-state index contributed by atoms with van der Waals surface area (Å²) in [6, 6.07) is 3.91. The first-order valence-corrected chi connectivity index (χ1v) is 11.3. The van der Waals surface area contributed by atoms with E-state index in [1.807, 2.05) is 13.8 Å². The average Bonchev–Trinajstić information content (AvgIpc) is 2.82. The van der Waals surface area contributed by atoms with E-state index in [-0.39, 0.29) is 30.2 Å². The molecule has 1 saturated heterocycles. The van der Waals surface area contributed by atoms with Crippen molar-refractivity contribution in [1.82, 2.24) is 19.9 Å². The molecule has 3 N–H and O–H groups in total. The van der Waals surface area contributed by atoms with Crippen molar-refractivity contribution in [2.24, 2.45) is 0 Å². The second-order valence-corrected chi connectivity index (χ2v) is 7.59. The molecule has 33 heavy (non-hydrogen) atoms. The highest BCUT2D eigenvalue weighted by Crippen LogP contribution is 2.30. The Hall–Kier alpha value is -2.92. The average molecular weight is 465 g/mol. The molecule has 0 amide bonds. The molecule has 0 atom stereocenters. The van der Waals surface area contributed by atoms with Crippen LogP contribution in [-0.4, -0.2) is 77.6 Å². The van der Waals surface area contributed by atoms with Gasteiger partial charge in [-0.05, 0) is 44.4 Å². The number of ether oxygens (including phenoxy) is 3. The van der Waals surface area contributed by atoms with Crippen LogP contribution in [0.5, 0.6) is 17.5 Å². The number of nitrogens with one attached hydrogen (secondary N) is 2. The molecule has 1 aromatic carbocycles. The van der Waals surface area contributed by atoms with Gasteiger partial charge in [0.05, 0.1) is 26.9 Å². The molecule has 0 radical (unpaired) electrons. The molecule has 2 heterocycles. The van der Waals surface area contributed by atoms with E-state index in [4.69, 9.17) is 19.3 Å². The molecule has 1 fully saturated rings. The van der Waals surface area contributed by atoms with E-state index in [2.05, 4.69) is 30.5 Å². The lowest BCUT2D eigenvalue weighted by atomic mass is 10.0. The standard InChI is InChI=1S/C22H33FN6O4/c1-4-32-17-12-15(13-18(19(17)23)33-5-2)14-29-9-6-16(7-10-29)25-21-26-20(24-8-11-30)27-22(28-21)31-3/h12-13,16,30H,4-11,14H2,1-3H3,(H2,24,25,26,27,28). The third-order valence-electron chi connectivity index (χ3n) is 5.18. The van der Waals surface area contributed by atoms with Crippen molar-refractivity contribution in [3.63, 3.8) is 0 Å². The number of aliphatic hydroxyl groups is 1. The van der Waals surface area contributed by atoms with E-state index in [0.29, 0.717) is 38.2 Å². The largest absolute Gasteiger partial charge is 0.491 e. The molecule has 0 bridgehead atoms. The van der Waals surface area contributed by atoms with Crippen LogP contribution in [0.1, 0.15) is 32.3 Å². The van der Waals surface area contributed by atoms with Gasteiger partial charge in [-0.15, -0.1) is 0 Å². The van der Waals surface area contributed by atoms with Gasteiger partial charge in [-0.3, -0.25) is 4.90 Å². The molecule has 0 aliphatic carbocycles. The normalized spacial score (nSPS) is 14.7. The van der Waals surface area contributed by atoms with Crippen LogP contribution in [-0.2, 0) is 6.54 Å². The van der Waals surface area contributed by atoms with Crippen molar-refractivity contribution in [1.29, 1.82) is 0 Å². The zero-order chi connectivity index (χ0) is 23.6. The summed E-state index contributed by atoms with van der Waals surface area (Å²) in [5.74, 6) is 0.782. The van der Waals surface area contributed by atoms with Gasteiger partial charge in [0.1, 0.15) is 0 Å². The van der Waals surface area contributed by atoms with Crippen molar-refractivity contribution in [3.05, 3.63) is 23.5 Å². The minimum Gasteiger partial charge on any atom is -0.491 e. The van der Waals surface area contributed by atoms with Crippen LogP contribution in [0.4, 0.5) is 16.3 Å². The molecule has 0 saturated carbocycles. The van der Waals surface area contributed by atoms with Crippen LogP contribution in [0.25, 0.3) is 0 Å². The molecule has 10 nitrogen and oxygen atoms in total. The number of anilines is 2. The highest BCUT2D eigenvalue weighted by atomic mass is 19.1. The maximum absolute atomic E-state index is 14.5. The van der Waals surface area contributed by atoms with E-state index in [0.717, 1.165) is 31.5 Å². The van der Waals surface area contributed by atoms with Gasteiger partial charge >= 0.3 is 6.01 Å². The zero-order valence-corrected chi connectivity index (χ0v) is 19.4. The minimum absolute atomic E-state index is 0.0264. The second-order valence-electron chi connectivity index (χ2n) is 7.59. The summed E-state index contributed by atoms with van der Waals surface area (Å²) < 4.78 is 30.6. The van der Waals surface area contributed by atoms with Gasteiger partial charge in [0.25, 0.3) is 0 Å². The molecule has 1 aliphatic heterocycles. The van der Waals surface area contributed by atoms with Crippen LogP contribution in [0.3, 0.4) is 0 Å². The van der Waals surface area contributed by atoms with Gasteiger partial charge in [-0.2, -0.15) is 19.3 Å². The lowest BCUT2D eigenvalue weighted by Gasteiger charge is -2.32. The van der Waals surface area contributed by atoms with Crippen LogP contribution in [0, 0.1) is 5.82 Å². The number of hydrogen-bond donors (Lipinski definition) is 3. The van der Waals surface area contributed by atoms with Crippen molar-refractivity contribution in [2.75, 3.05) is 57.2 Å². The summed E-state index contributed by atoms with van der Waals surface area (Å²) in [6.07, 6.45) is 1.79. The summed E-state index contributed by atoms with van der Waals surface area (Å²) in [7, 11) is 1.50. The molecular formula is C22H33FN6O4. The van der Waals surface area contributed by atoms with Gasteiger partial charge in [-0.25, -0.2) is 0 Å². The molecular weight excluding hydrogens is 431 g/mol. The Kier molecular flexibility index (Phi) is 9.25. The number of benzene rings is 1. The van der Waals surface area contributed by atoms with E-state index >= 15 is 0 Å². The van der Waals surface area contributed by atoms with Crippen LogP contribution in [0.2, 0.25) is 0 Å². The summed E-state index contributed by atoms with van der Waals surface area (Å²) in [4.78, 5) is 15.1. The zero-order valence-electron chi connectivity index (χ0n) is 19.4. The second kappa shape index (κ2) is 12.4. The summed E-state index contributed by atoms with van der Waals surface area (Å²) in [5, 5.41) is 15.3. The number of halogens is 1. The van der Waals surface area contributed by atoms with Crippen LogP contribution >= 0.6 is 0 Å². The fraction of sp³-hybridized carbons (Fsp3) is 0.591. The Labute approximate surface area is 193 Å². The van der Waals surface area contributed by atoms with Crippen LogP contribution in [0.15, 0.2) is 12.1 Å². The lowest BCUT2D eigenvalue weighted by molar-refractivity contribution is 0.210. The molecule has 0 spiro atoms. The molecule has 11 heteroatoms. The minimum atomic E-state index is -0.453. The van der Waals surface area contributed by atoms with E-state index in [1.54, 1.807) is 12.1 Å². The van der Waals surface area contributed by atoms with Crippen molar-refractivity contribution in [3.8, 4) is 17.5 Å². The summed E-state index contributed by atoms with van der Waals surface area (Å²) >= 11 is 0. The summed E-state index contributed by atoms with van der Waals surface area (Å²) in [6.45, 7) is 7.16. The Bertz CT molecular complexity index is 868. The monoisotopic (exact) mass is 464 g/mol. The first-order chi connectivity index (χ1) is 16.1. The Morgan fingerprint density at radius 3 is 2.27 bits per heavy atom. The number of rotatable bonds is 12. The topological polar surface area (TPSA) is 114 Å². The molecule has 0 unspecified atom stereocenters. The van der Waals surface area contributed by atoms with Gasteiger partial charge in [0.15, 0.2) is 11.5 Å². The predicted octanol–water partition coefficient (Wildman–Crippen LogP) is 2.30. The maximum Gasteiger partial charge on any atom is 0.322 e. The number of likely N-dealkylation sites (tertiary alicyclic amines) is 1. The number of aliphatic hydroxyl groups excluding tert-OH is 1. The van der Waals surface area contributed by atoms with Gasteiger partial charge in [0.2, 0.25) is 17.7 Å². The maximum atomic E-state index is 14.5. The molecule has 1 aromatic heterocycles. The highest BCUT2D eigenvalue weighted by molar-refractivity contribution is 5.41. The smallest absolute Gasteiger partial charge is 0.322 e. The quantitative estimate of drug-likeness (QED) is 0.432. The number of aromatic nitrogens is 3. The lowest BCUT2D eigenvalue weighted by Crippen LogP contribution is -2.39. The Balaban J connectivity index is 1.59. The SMILES string of the molecule is CCOc1cc(CN2CCC(Nc3nc(NCCO)nc(OC)n3)CC2)cc(OCC)c1F. The first kappa shape index (κ1) is 24.7. The van der Waals surface area contributed by atoms with Gasteiger partial charge in [0, 0.05) is 32.2 Å². The molecule has 2 aromatic rings. The van der Waals surface area contributed by atoms with Gasteiger partial charge in [-0.1, -0.05) is 0 Å². The van der Waals surface area contributed by atoms with Crippen molar-refractivity contribution >= 4 is 11.9 Å². The number of hydrogen-bond acceptors (Lipinski definition) is 10. The van der Waals surface area contributed by atoms with Crippen molar-refractivity contribution < 1.29 is 23.7 Å². The molecule has 182 valence electrons. The highest BCUT2D eigenvalue weighted by Gasteiger charge is 2.22. The summed E-state index contributed by atoms with van der Waals surface area (Å²) in [5.41, 5.74) is 0.955. The third-order valence-corrected chi connectivity index (χ3v) is 5.18. The molecule has 3 rings (SSSR count). The van der Waals surface area contributed by atoms with E-state index in [9.17, 15) is 4.39 Å². The fourth-order valence-corrected chi connectivity index (χ4v) is 3.67. The Morgan fingerprint density at radius 2 is 1.70 bits per heavy atom. The first-order valence-electron chi connectivity index (χ1n) is 11.3. The fourth-order valence-electron chi connectivity index (χ4n) is 3.67.